The molecule has 0 fully saturated rings. The van der Waals surface area contributed by atoms with Crippen LogP contribution in [-0.4, -0.2) is 5.25 Å². The molecule has 46 valence electrons. The number of hydrogen-bond acceptors (Lipinski definition) is 2. The second-order valence-corrected chi connectivity index (χ2v) is 2.20. The van der Waals surface area contributed by atoms with Gasteiger partial charge in [0.05, 0.1) is 0 Å². The molecule has 2 heteroatoms. The fourth-order valence-electron chi connectivity index (χ4n) is 0.289. The molecule has 0 rings (SSSR count). The lowest BCUT2D eigenvalue weighted by atomic mass is 10.3. The Morgan fingerprint density at radius 2 is 1.57 bits per heavy atom. The fourth-order valence-corrected chi connectivity index (χ4v) is 0.289. The Morgan fingerprint density at radius 1 is 1.29 bits per heavy atom. The minimum atomic E-state index is 0. The summed E-state index contributed by atoms with van der Waals surface area (Å²) < 4.78 is 0. The molecule has 0 radical (unpaired) electrons. The van der Waals surface area contributed by atoms with Crippen molar-refractivity contribution in [3.63, 3.8) is 0 Å². The zero-order valence-corrected chi connectivity index (χ0v) is 6.04. The van der Waals surface area contributed by atoms with Crippen LogP contribution < -0.4 is 6.15 Å². The largest absolute Gasteiger partial charge is 0.344 e. The van der Waals surface area contributed by atoms with Crippen LogP contribution in [0.2, 0.25) is 0 Å². The molecule has 0 aliphatic carbocycles. The van der Waals surface area contributed by atoms with Gasteiger partial charge in [0.15, 0.2) is 0 Å². The monoisotopic (exact) mass is 121 g/mol. The summed E-state index contributed by atoms with van der Waals surface area (Å²) in [6, 6.07) is 0. The molecule has 0 aromatic heterocycles. The lowest BCUT2D eigenvalue weighted by molar-refractivity contribution is 0.798. The first-order valence-electron chi connectivity index (χ1n) is 2.49. The van der Waals surface area contributed by atoms with Crippen LogP contribution in [0, 0.1) is 0 Å². The topological polar surface area (TPSA) is 35.0 Å². The molecule has 0 bridgehead atoms. The molecule has 0 aromatic carbocycles. The van der Waals surface area contributed by atoms with E-state index in [2.05, 4.69) is 26.5 Å². The second-order valence-electron chi connectivity index (χ2n) is 1.47. The highest BCUT2D eigenvalue weighted by Gasteiger charge is 1.89. The van der Waals surface area contributed by atoms with E-state index in [9.17, 15) is 0 Å². The first kappa shape index (κ1) is 10.3. The standard InChI is InChI=1S/C5H12S.H3N/c1-3-5(6)4-2;/h5-6H,3-4H2,1-2H3;1H3. The van der Waals surface area contributed by atoms with Gasteiger partial charge in [0.2, 0.25) is 0 Å². The summed E-state index contributed by atoms with van der Waals surface area (Å²) in [4.78, 5) is 0. The summed E-state index contributed by atoms with van der Waals surface area (Å²) >= 11 is 4.23. The molecule has 7 heavy (non-hydrogen) atoms. The summed E-state index contributed by atoms with van der Waals surface area (Å²) in [5.41, 5.74) is 0. The number of rotatable bonds is 2. The van der Waals surface area contributed by atoms with Crippen LogP contribution in [0.25, 0.3) is 0 Å². The van der Waals surface area contributed by atoms with Gasteiger partial charge in [-0.3, -0.25) is 0 Å². The van der Waals surface area contributed by atoms with Crippen LogP contribution in [0.15, 0.2) is 0 Å². The highest BCUT2D eigenvalue weighted by Crippen LogP contribution is 2.02. The number of thiol groups is 1. The van der Waals surface area contributed by atoms with Crippen molar-refractivity contribution in [3.8, 4) is 0 Å². The van der Waals surface area contributed by atoms with Crippen molar-refractivity contribution in [2.45, 2.75) is 31.9 Å². The van der Waals surface area contributed by atoms with Crippen LogP contribution in [0.3, 0.4) is 0 Å². The summed E-state index contributed by atoms with van der Waals surface area (Å²) in [6.45, 7) is 4.31. The Hall–Kier alpha value is 0.310. The van der Waals surface area contributed by atoms with E-state index in [1.165, 1.54) is 12.8 Å². The van der Waals surface area contributed by atoms with Gasteiger partial charge in [-0.05, 0) is 12.8 Å². The predicted molar refractivity (Wildman–Crippen MR) is 38.4 cm³/mol. The maximum absolute atomic E-state index is 4.23. The molecule has 0 spiro atoms. The molecule has 0 aliphatic heterocycles. The zero-order valence-electron chi connectivity index (χ0n) is 5.15. The van der Waals surface area contributed by atoms with Gasteiger partial charge in [-0.2, -0.15) is 12.6 Å². The third kappa shape index (κ3) is 6.31. The van der Waals surface area contributed by atoms with Gasteiger partial charge in [-0.1, -0.05) is 13.8 Å². The van der Waals surface area contributed by atoms with Gasteiger partial charge in [0, 0.05) is 5.25 Å². The Morgan fingerprint density at radius 3 is 1.57 bits per heavy atom. The minimum absolute atomic E-state index is 0. The van der Waals surface area contributed by atoms with Crippen molar-refractivity contribution in [3.05, 3.63) is 0 Å². The van der Waals surface area contributed by atoms with Crippen LogP contribution in [-0.2, 0) is 0 Å². The maximum atomic E-state index is 4.23. The first-order valence-corrected chi connectivity index (χ1v) is 3.01. The molecule has 1 nitrogen and oxygen atoms in total. The van der Waals surface area contributed by atoms with E-state index in [4.69, 9.17) is 0 Å². The summed E-state index contributed by atoms with van der Waals surface area (Å²) in [6.07, 6.45) is 2.39. The second kappa shape index (κ2) is 6.31. The molecule has 0 atom stereocenters. The Bertz CT molecular complexity index is 27.3. The average molecular weight is 121 g/mol. The Labute approximate surface area is 51.5 Å². The molecule has 0 amide bonds. The van der Waals surface area contributed by atoms with E-state index in [1.54, 1.807) is 0 Å². The Balaban J connectivity index is 0. The SMILES string of the molecule is CCC(S)CC.N. The van der Waals surface area contributed by atoms with E-state index in [-0.39, 0.29) is 6.15 Å². The molecular weight excluding hydrogens is 106 g/mol. The van der Waals surface area contributed by atoms with E-state index in [1.807, 2.05) is 0 Å². The van der Waals surface area contributed by atoms with E-state index in [0.717, 1.165) is 0 Å². The minimum Gasteiger partial charge on any atom is -0.344 e. The third-order valence-corrected chi connectivity index (χ3v) is 1.67. The summed E-state index contributed by atoms with van der Waals surface area (Å²) in [5, 5.41) is 0.630. The van der Waals surface area contributed by atoms with Crippen LogP contribution in [0.4, 0.5) is 0 Å². The van der Waals surface area contributed by atoms with E-state index >= 15 is 0 Å². The smallest absolute Gasteiger partial charge is 0.00115 e. The van der Waals surface area contributed by atoms with E-state index < -0.39 is 0 Å². The normalized spacial score (nSPS) is 8.57. The fraction of sp³-hybridized carbons (Fsp3) is 1.00. The molecule has 0 aromatic rings. The summed E-state index contributed by atoms with van der Waals surface area (Å²) in [5.74, 6) is 0. The zero-order chi connectivity index (χ0) is 4.99. The number of hydrogen-bond donors (Lipinski definition) is 2. The molecule has 0 saturated carbocycles. The quantitative estimate of drug-likeness (QED) is 0.540. The van der Waals surface area contributed by atoms with Gasteiger partial charge in [0.25, 0.3) is 0 Å². The maximum Gasteiger partial charge on any atom is 0.00115 e. The van der Waals surface area contributed by atoms with Gasteiger partial charge >= 0.3 is 0 Å². The average Bonchev–Trinajstić information content (AvgIpc) is 1.65. The molecule has 0 saturated heterocycles. The van der Waals surface area contributed by atoms with Crippen LogP contribution in [0.5, 0.6) is 0 Å². The van der Waals surface area contributed by atoms with Gasteiger partial charge in [-0.25, -0.2) is 0 Å². The Kier molecular flexibility index (Phi) is 9.31. The van der Waals surface area contributed by atoms with Crippen LogP contribution >= 0.6 is 12.6 Å². The van der Waals surface area contributed by atoms with Crippen LogP contribution in [0.1, 0.15) is 26.7 Å². The predicted octanol–water partition coefficient (Wildman–Crippen LogP) is 2.27. The van der Waals surface area contributed by atoms with Gasteiger partial charge in [-0.15, -0.1) is 0 Å². The van der Waals surface area contributed by atoms with E-state index in [0.29, 0.717) is 5.25 Å². The van der Waals surface area contributed by atoms with Gasteiger partial charge < -0.3 is 6.15 Å². The molecule has 0 aliphatic rings. The summed E-state index contributed by atoms with van der Waals surface area (Å²) in [7, 11) is 0. The van der Waals surface area contributed by atoms with Crippen molar-refractivity contribution in [1.29, 1.82) is 0 Å². The molecule has 0 unspecified atom stereocenters. The molecule has 0 heterocycles. The molecular formula is C5H15NS. The van der Waals surface area contributed by atoms with Gasteiger partial charge in [0.1, 0.15) is 0 Å². The van der Waals surface area contributed by atoms with Crippen molar-refractivity contribution >= 4 is 12.6 Å². The molecule has 3 N–H and O–H groups in total. The highest BCUT2D eigenvalue weighted by atomic mass is 32.1. The lowest BCUT2D eigenvalue weighted by Gasteiger charge is -1.97. The van der Waals surface area contributed by atoms with Crippen molar-refractivity contribution in [1.82, 2.24) is 6.15 Å². The first-order chi connectivity index (χ1) is 2.81. The van der Waals surface area contributed by atoms with Crippen molar-refractivity contribution in [2.75, 3.05) is 0 Å². The highest BCUT2D eigenvalue weighted by molar-refractivity contribution is 7.80. The third-order valence-electron chi connectivity index (χ3n) is 0.942. The van der Waals surface area contributed by atoms with Crippen molar-refractivity contribution < 1.29 is 0 Å². The van der Waals surface area contributed by atoms with Crippen molar-refractivity contribution in [2.24, 2.45) is 0 Å². The lowest BCUT2D eigenvalue weighted by Crippen LogP contribution is -1.89.